The summed E-state index contributed by atoms with van der Waals surface area (Å²) in [6, 6.07) is -0.430. The lowest BCUT2D eigenvalue weighted by Crippen LogP contribution is -2.40. The summed E-state index contributed by atoms with van der Waals surface area (Å²) in [5, 5.41) is 2.87. The van der Waals surface area contributed by atoms with Crippen LogP contribution in [0.4, 0.5) is 8.78 Å². The zero-order valence-electron chi connectivity index (χ0n) is 9.90. The summed E-state index contributed by atoms with van der Waals surface area (Å²) in [5.41, 5.74) is 0. The predicted octanol–water partition coefficient (Wildman–Crippen LogP) is 0.148. The molecule has 1 aliphatic carbocycles. The van der Waals surface area contributed by atoms with Crippen LogP contribution in [-0.2, 0) is 14.3 Å². The van der Waals surface area contributed by atoms with Crippen LogP contribution in [0.3, 0.4) is 0 Å². The van der Waals surface area contributed by atoms with E-state index >= 15 is 0 Å². The minimum atomic E-state index is -2.48. The van der Waals surface area contributed by atoms with E-state index in [1.807, 2.05) is 0 Å². The molecule has 0 radical (unpaired) electrons. The molecule has 5 nitrogen and oxygen atoms in total. The monoisotopic (exact) mass is 262 g/mol. The number of imide groups is 1. The highest BCUT2D eigenvalue weighted by Crippen LogP contribution is 2.31. The molecule has 0 bridgehead atoms. The minimum absolute atomic E-state index is 0.0897. The number of rotatable bonds is 7. The molecule has 1 saturated carbocycles. The first-order valence-electron chi connectivity index (χ1n) is 6.04. The Labute approximate surface area is 103 Å². The van der Waals surface area contributed by atoms with Gasteiger partial charge in [-0.15, -0.1) is 0 Å². The van der Waals surface area contributed by atoms with Crippen LogP contribution in [0.25, 0.3) is 0 Å². The quantitative estimate of drug-likeness (QED) is 0.524. The second-order valence-electron chi connectivity index (χ2n) is 4.51. The van der Waals surface area contributed by atoms with Gasteiger partial charge in [-0.25, -0.2) is 8.78 Å². The van der Waals surface area contributed by atoms with E-state index in [0.29, 0.717) is 0 Å². The van der Waals surface area contributed by atoms with Gasteiger partial charge in [-0.1, -0.05) is 0 Å². The Morgan fingerprint density at radius 3 is 2.72 bits per heavy atom. The smallest absolute Gasteiger partial charge is 0.261 e. The third kappa shape index (κ3) is 3.23. The molecule has 1 N–H and O–H groups in total. The molecule has 7 heteroatoms. The van der Waals surface area contributed by atoms with E-state index in [1.165, 1.54) is 4.90 Å². The van der Waals surface area contributed by atoms with Gasteiger partial charge in [0.15, 0.2) is 0 Å². The maximum Gasteiger partial charge on any atom is 0.261 e. The van der Waals surface area contributed by atoms with Gasteiger partial charge in [-0.05, 0) is 12.8 Å². The highest BCUT2D eigenvalue weighted by atomic mass is 19.3. The number of carbonyl (C=O) groups excluding carboxylic acids is 2. The van der Waals surface area contributed by atoms with Crippen LogP contribution in [-0.4, -0.2) is 55.0 Å². The lowest BCUT2D eigenvalue weighted by Gasteiger charge is -2.14. The van der Waals surface area contributed by atoms with Crippen LogP contribution in [0.15, 0.2) is 0 Å². The molecule has 2 aliphatic rings. The molecule has 2 rings (SSSR count). The van der Waals surface area contributed by atoms with Crippen molar-refractivity contribution < 1.29 is 23.1 Å². The molecule has 102 valence electrons. The van der Waals surface area contributed by atoms with E-state index < -0.39 is 19.1 Å². The van der Waals surface area contributed by atoms with E-state index in [0.717, 1.165) is 12.8 Å². The molecule has 1 atom stereocenters. The van der Waals surface area contributed by atoms with Crippen LogP contribution < -0.4 is 5.32 Å². The number of hydrogen-bond donors (Lipinski definition) is 1. The van der Waals surface area contributed by atoms with Gasteiger partial charge in [0.05, 0.1) is 19.1 Å². The molecular formula is C11H16F2N2O3. The van der Waals surface area contributed by atoms with E-state index in [1.54, 1.807) is 0 Å². The van der Waals surface area contributed by atoms with Crippen molar-refractivity contribution in [3.8, 4) is 0 Å². The Morgan fingerprint density at radius 2 is 2.11 bits per heavy atom. The molecule has 0 spiro atoms. The van der Waals surface area contributed by atoms with E-state index in [9.17, 15) is 18.4 Å². The Morgan fingerprint density at radius 1 is 1.39 bits per heavy atom. The first-order valence-corrected chi connectivity index (χ1v) is 6.04. The lowest BCUT2D eigenvalue weighted by atomic mass is 10.2. The summed E-state index contributed by atoms with van der Waals surface area (Å²) in [6.45, 7) is -0.214. The van der Waals surface area contributed by atoms with Gasteiger partial charge in [0, 0.05) is 12.6 Å². The van der Waals surface area contributed by atoms with Crippen molar-refractivity contribution in [2.75, 3.05) is 19.8 Å². The zero-order valence-corrected chi connectivity index (χ0v) is 9.90. The second-order valence-corrected chi connectivity index (χ2v) is 4.51. The van der Waals surface area contributed by atoms with Crippen LogP contribution in [0.1, 0.15) is 19.3 Å². The van der Waals surface area contributed by atoms with Crippen molar-refractivity contribution in [1.29, 1.82) is 0 Å². The fourth-order valence-corrected chi connectivity index (χ4v) is 2.00. The van der Waals surface area contributed by atoms with Crippen molar-refractivity contribution in [2.24, 2.45) is 0 Å². The Kier molecular flexibility index (Phi) is 4.23. The van der Waals surface area contributed by atoms with Crippen LogP contribution in [0.2, 0.25) is 0 Å². The second kappa shape index (κ2) is 5.71. The molecule has 1 aliphatic heterocycles. The van der Waals surface area contributed by atoms with Gasteiger partial charge in [-0.3, -0.25) is 14.5 Å². The third-order valence-corrected chi connectivity index (χ3v) is 2.98. The van der Waals surface area contributed by atoms with Gasteiger partial charge >= 0.3 is 0 Å². The average Bonchev–Trinajstić information content (AvgIpc) is 3.07. The van der Waals surface area contributed by atoms with Gasteiger partial charge in [0.2, 0.25) is 11.8 Å². The molecule has 2 amide bonds. The van der Waals surface area contributed by atoms with Gasteiger partial charge < -0.3 is 10.1 Å². The predicted molar refractivity (Wildman–Crippen MR) is 58.1 cm³/mol. The van der Waals surface area contributed by atoms with Crippen LogP contribution >= 0.6 is 0 Å². The maximum absolute atomic E-state index is 11.9. The molecule has 18 heavy (non-hydrogen) atoms. The number of halogens is 2. The molecule has 0 aromatic heterocycles. The van der Waals surface area contributed by atoms with Crippen LogP contribution in [0.5, 0.6) is 0 Å². The molecule has 0 aromatic rings. The maximum atomic E-state index is 11.9. The number of carbonyl (C=O) groups is 2. The van der Waals surface area contributed by atoms with Crippen molar-refractivity contribution in [1.82, 2.24) is 10.2 Å². The van der Waals surface area contributed by atoms with Crippen molar-refractivity contribution in [3.63, 3.8) is 0 Å². The number of likely N-dealkylation sites (tertiary alicyclic amines) is 1. The summed E-state index contributed by atoms with van der Waals surface area (Å²) in [5.74, 6) is -0.343. The Balaban J connectivity index is 1.67. The van der Waals surface area contributed by atoms with E-state index in [-0.39, 0.29) is 37.4 Å². The van der Waals surface area contributed by atoms with E-state index in [2.05, 4.69) is 10.1 Å². The largest absolute Gasteiger partial charge is 0.374 e. The summed E-state index contributed by atoms with van der Waals surface area (Å²) in [7, 11) is 0. The summed E-state index contributed by atoms with van der Waals surface area (Å²) in [4.78, 5) is 24.8. The molecule has 2 fully saturated rings. The minimum Gasteiger partial charge on any atom is -0.374 e. The summed E-state index contributed by atoms with van der Waals surface area (Å²) >= 11 is 0. The number of ether oxygens (including phenoxy) is 1. The summed E-state index contributed by atoms with van der Waals surface area (Å²) in [6.07, 6.45) is -0.543. The highest BCUT2D eigenvalue weighted by Gasteiger charge is 2.45. The Hall–Kier alpha value is -1.08. The lowest BCUT2D eigenvalue weighted by molar-refractivity contribution is -0.139. The van der Waals surface area contributed by atoms with Crippen molar-refractivity contribution in [3.05, 3.63) is 0 Å². The molecule has 1 unspecified atom stereocenters. The standard InChI is InChI=1S/C11H16F2N2O3/c12-9(13)6-18-4-3-14-8-5-10(16)15(11(8)17)7-1-2-7/h7-9,14H,1-6H2. The average molecular weight is 262 g/mol. The molecular weight excluding hydrogens is 246 g/mol. The molecule has 0 aromatic carbocycles. The third-order valence-electron chi connectivity index (χ3n) is 2.98. The number of nitrogens with one attached hydrogen (secondary N) is 1. The van der Waals surface area contributed by atoms with Crippen LogP contribution in [0, 0.1) is 0 Å². The van der Waals surface area contributed by atoms with E-state index in [4.69, 9.17) is 0 Å². The van der Waals surface area contributed by atoms with Gasteiger partial charge in [-0.2, -0.15) is 0 Å². The first kappa shape index (κ1) is 13.4. The van der Waals surface area contributed by atoms with Crippen molar-refractivity contribution in [2.45, 2.75) is 37.8 Å². The SMILES string of the molecule is O=C1CC(NCCOCC(F)F)C(=O)N1C1CC1. The number of amides is 2. The highest BCUT2D eigenvalue weighted by molar-refractivity contribution is 6.06. The first-order chi connectivity index (χ1) is 8.59. The fraction of sp³-hybridized carbons (Fsp3) is 0.818. The van der Waals surface area contributed by atoms with Gasteiger partial charge in [0.1, 0.15) is 6.61 Å². The summed E-state index contributed by atoms with van der Waals surface area (Å²) < 4.78 is 28.2. The van der Waals surface area contributed by atoms with Crippen molar-refractivity contribution >= 4 is 11.8 Å². The number of hydrogen-bond acceptors (Lipinski definition) is 4. The molecule has 1 saturated heterocycles. The fourth-order valence-electron chi connectivity index (χ4n) is 2.00. The Bertz CT molecular complexity index is 334. The number of alkyl halides is 2. The molecule has 1 heterocycles. The van der Waals surface area contributed by atoms with Gasteiger partial charge in [0.25, 0.3) is 6.43 Å². The zero-order chi connectivity index (χ0) is 13.1. The normalized spacial score (nSPS) is 24.4. The topological polar surface area (TPSA) is 58.6 Å². The number of nitrogens with zero attached hydrogens (tertiary/aromatic N) is 1.